The molecule has 0 aromatic carbocycles. The lowest BCUT2D eigenvalue weighted by atomic mass is 10.2. The van der Waals surface area contributed by atoms with E-state index in [0.29, 0.717) is 16.6 Å². The van der Waals surface area contributed by atoms with Crippen molar-refractivity contribution in [3.8, 4) is 0 Å². The number of thiophene rings is 1. The zero-order valence-corrected chi connectivity index (χ0v) is 14.0. The van der Waals surface area contributed by atoms with Gasteiger partial charge in [-0.05, 0) is 50.8 Å². The van der Waals surface area contributed by atoms with Crippen LogP contribution in [-0.4, -0.2) is 26.0 Å². The number of unbranched alkanes of at least 4 members (excludes halogenated alkanes) is 1. The van der Waals surface area contributed by atoms with Gasteiger partial charge >= 0.3 is 5.97 Å². The molecule has 0 aliphatic carbocycles. The topological polar surface area (TPSA) is 83.5 Å². The first-order chi connectivity index (χ1) is 8.33. The van der Waals surface area contributed by atoms with Crippen molar-refractivity contribution in [3.05, 3.63) is 13.6 Å². The van der Waals surface area contributed by atoms with Crippen LogP contribution in [0.2, 0.25) is 0 Å². The highest BCUT2D eigenvalue weighted by atomic mass is 79.9. The molecule has 102 valence electrons. The first-order valence-electron chi connectivity index (χ1n) is 4.99. The van der Waals surface area contributed by atoms with Crippen molar-refractivity contribution in [1.29, 1.82) is 0 Å². The first-order valence-corrected chi connectivity index (χ1v) is 8.88. The zero-order valence-electron chi connectivity index (χ0n) is 9.15. The molecular formula is C9H11Br2NO4S2. The molecule has 0 saturated carbocycles. The summed E-state index contributed by atoms with van der Waals surface area (Å²) >= 11 is 7.68. The molecule has 0 saturated heterocycles. The van der Waals surface area contributed by atoms with E-state index >= 15 is 0 Å². The number of nitrogens with one attached hydrogen (secondary N) is 1. The van der Waals surface area contributed by atoms with E-state index in [0.717, 1.165) is 3.79 Å². The second-order valence-corrected chi connectivity index (χ2v) is 8.92. The molecule has 5 nitrogen and oxygen atoms in total. The molecule has 0 amide bonds. The third-order valence-corrected chi connectivity index (χ3v) is 6.24. The Morgan fingerprint density at radius 1 is 1.39 bits per heavy atom. The average molecular weight is 421 g/mol. The summed E-state index contributed by atoms with van der Waals surface area (Å²) in [4.78, 5) is 10.5. The number of halogens is 2. The minimum atomic E-state index is -3.53. The summed E-state index contributed by atoms with van der Waals surface area (Å²) in [5, 5.41) is 8.44. The van der Waals surface area contributed by atoms with Crippen LogP contribution >= 0.6 is 43.2 Å². The maximum atomic E-state index is 11.9. The van der Waals surface area contributed by atoms with Crippen LogP contribution in [0.3, 0.4) is 0 Å². The lowest BCUT2D eigenvalue weighted by molar-refractivity contribution is -0.137. The normalized spacial score (nSPS) is 11.7. The molecule has 1 aromatic rings. The van der Waals surface area contributed by atoms with Gasteiger partial charge in [0.25, 0.3) is 0 Å². The first kappa shape index (κ1) is 16.1. The second kappa shape index (κ2) is 6.99. The Balaban J connectivity index is 2.51. The second-order valence-electron chi connectivity index (χ2n) is 3.44. The fraction of sp³-hybridized carbons (Fsp3) is 0.444. The van der Waals surface area contributed by atoms with Crippen molar-refractivity contribution in [3.63, 3.8) is 0 Å². The number of aliphatic carboxylic acids is 1. The molecule has 0 aliphatic rings. The van der Waals surface area contributed by atoms with Gasteiger partial charge in [-0.3, -0.25) is 4.79 Å². The van der Waals surface area contributed by atoms with E-state index < -0.39 is 16.0 Å². The van der Waals surface area contributed by atoms with E-state index in [9.17, 15) is 13.2 Å². The van der Waals surface area contributed by atoms with E-state index in [1.807, 2.05) is 0 Å². The van der Waals surface area contributed by atoms with Crippen molar-refractivity contribution >= 4 is 59.2 Å². The predicted molar refractivity (Wildman–Crippen MR) is 76.4 cm³/mol. The molecule has 0 spiro atoms. The SMILES string of the molecule is O=C(O)CCCCNS(=O)(=O)c1cc(Br)sc1Br. The molecule has 0 unspecified atom stereocenters. The Kier molecular flexibility index (Phi) is 6.25. The van der Waals surface area contributed by atoms with Crippen molar-refractivity contribution in [1.82, 2.24) is 4.72 Å². The molecule has 9 heteroatoms. The van der Waals surface area contributed by atoms with E-state index in [2.05, 4.69) is 36.6 Å². The van der Waals surface area contributed by atoms with E-state index in [1.165, 1.54) is 17.4 Å². The van der Waals surface area contributed by atoms with Crippen molar-refractivity contribution in [2.45, 2.75) is 24.2 Å². The van der Waals surface area contributed by atoms with Gasteiger partial charge in [0.2, 0.25) is 10.0 Å². The van der Waals surface area contributed by atoms with Crippen LogP contribution in [0.1, 0.15) is 19.3 Å². The minimum Gasteiger partial charge on any atom is -0.481 e. The Labute approximate surface area is 126 Å². The summed E-state index contributed by atoms with van der Waals surface area (Å²) in [6.07, 6.45) is 0.996. The number of carboxylic acids is 1. The van der Waals surface area contributed by atoms with E-state index in [1.54, 1.807) is 0 Å². The van der Waals surface area contributed by atoms with Crippen LogP contribution in [0.15, 0.2) is 18.5 Å². The minimum absolute atomic E-state index is 0.0510. The molecule has 0 fully saturated rings. The molecule has 0 atom stereocenters. The monoisotopic (exact) mass is 419 g/mol. The summed E-state index contributed by atoms with van der Waals surface area (Å²) in [5.41, 5.74) is 0. The number of hydrogen-bond acceptors (Lipinski definition) is 4. The van der Waals surface area contributed by atoms with Crippen LogP contribution in [0, 0.1) is 0 Å². The quantitative estimate of drug-likeness (QED) is 0.664. The van der Waals surface area contributed by atoms with Gasteiger partial charge in [-0.15, -0.1) is 11.3 Å². The standard InChI is InChI=1S/C9H11Br2NO4S2/c10-7-5-6(9(11)17-7)18(15,16)12-4-2-1-3-8(13)14/h5,12H,1-4H2,(H,13,14). The van der Waals surface area contributed by atoms with Gasteiger partial charge in [-0.2, -0.15) is 0 Å². The number of sulfonamides is 1. The van der Waals surface area contributed by atoms with Crippen LogP contribution in [0.4, 0.5) is 0 Å². The van der Waals surface area contributed by atoms with Crippen molar-refractivity contribution in [2.75, 3.05) is 6.54 Å². The van der Waals surface area contributed by atoms with Gasteiger partial charge in [0.05, 0.1) is 7.57 Å². The van der Waals surface area contributed by atoms with Gasteiger partial charge in [0, 0.05) is 13.0 Å². The average Bonchev–Trinajstić information content (AvgIpc) is 2.57. The Bertz CT molecular complexity index is 527. The number of carboxylic acid groups (broad SMARTS) is 1. The predicted octanol–water partition coefficient (Wildman–Crippen LogP) is 2.81. The molecular weight excluding hydrogens is 410 g/mol. The number of carbonyl (C=O) groups is 1. The van der Waals surface area contributed by atoms with Gasteiger partial charge in [0.15, 0.2) is 0 Å². The largest absolute Gasteiger partial charge is 0.481 e. The Morgan fingerprint density at radius 3 is 2.56 bits per heavy atom. The van der Waals surface area contributed by atoms with E-state index in [4.69, 9.17) is 5.11 Å². The van der Waals surface area contributed by atoms with Gasteiger partial charge in [-0.25, -0.2) is 13.1 Å². The molecule has 1 rings (SSSR count). The van der Waals surface area contributed by atoms with E-state index in [-0.39, 0.29) is 17.9 Å². The lowest BCUT2D eigenvalue weighted by Gasteiger charge is -2.04. The molecule has 0 aliphatic heterocycles. The smallest absolute Gasteiger partial charge is 0.303 e. The van der Waals surface area contributed by atoms with Crippen LogP contribution in [-0.2, 0) is 14.8 Å². The maximum Gasteiger partial charge on any atom is 0.303 e. The van der Waals surface area contributed by atoms with Crippen molar-refractivity contribution < 1.29 is 18.3 Å². The summed E-state index contributed by atoms with van der Waals surface area (Å²) in [7, 11) is -3.53. The number of rotatable bonds is 7. The van der Waals surface area contributed by atoms with Gasteiger partial charge < -0.3 is 5.11 Å². The summed E-state index contributed by atoms with van der Waals surface area (Å²) in [5.74, 6) is -0.873. The molecule has 0 radical (unpaired) electrons. The Hall–Kier alpha value is 0.0400. The highest BCUT2D eigenvalue weighted by molar-refractivity contribution is 9.12. The third kappa shape index (κ3) is 4.96. The fourth-order valence-electron chi connectivity index (χ4n) is 1.19. The van der Waals surface area contributed by atoms with Crippen LogP contribution in [0.25, 0.3) is 0 Å². The molecule has 2 N–H and O–H groups in total. The third-order valence-electron chi connectivity index (χ3n) is 2.02. The number of hydrogen-bond donors (Lipinski definition) is 2. The van der Waals surface area contributed by atoms with Crippen LogP contribution < -0.4 is 4.72 Å². The van der Waals surface area contributed by atoms with Gasteiger partial charge in [0.1, 0.15) is 4.90 Å². The highest BCUT2D eigenvalue weighted by Gasteiger charge is 2.19. The summed E-state index contributed by atoms with van der Waals surface area (Å²) in [6.45, 7) is 0.232. The summed E-state index contributed by atoms with van der Waals surface area (Å²) in [6, 6.07) is 1.52. The fourth-order valence-corrected chi connectivity index (χ4v) is 6.08. The zero-order chi connectivity index (χ0) is 13.8. The summed E-state index contributed by atoms with van der Waals surface area (Å²) < 4.78 is 27.5. The molecule has 18 heavy (non-hydrogen) atoms. The van der Waals surface area contributed by atoms with Crippen LogP contribution in [0.5, 0.6) is 0 Å². The lowest BCUT2D eigenvalue weighted by Crippen LogP contribution is -2.24. The maximum absolute atomic E-state index is 11.9. The van der Waals surface area contributed by atoms with Gasteiger partial charge in [-0.1, -0.05) is 0 Å². The Morgan fingerprint density at radius 2 is 2.06 bits per heavy atom. The highest BCUT2D eigenvalue weighted by Crippen LogP contribution is 2.34. The van der Waals surface area contributed by atoms with Crippen molar-refractivity contribution in [2.24, 2.45) is 0 Å². The molecule has 0 bridgehead atoms. The molecule has 1 aromatic heterocycles. The molecule has 1 heterocycles.